The summed E-state index contributed by atoms with van der Waals surface area (Å²) in [6, 6.07) is 7.71. The topological polar surface area (TPSA) is 87.2 Å². The van der Waals surface area contributed by atoms with Gasteiger partial charge >= 0.3 is 0 Å². The molecule has 0 spiro atoms. The quantitative estimate of drug-likeness (QED) is 0.410. The molecule has 31 heavy (non-hydrogen) atoms. The largest absolute Gasteiger partial charge is 0.376 e. The molecule has 0 N–H and O–H groups in total. The van der Waals surface area contributed by atoms with Crippen molar-refractivity contribution in [2.24, 2.45) is 0 Å². The van der Waals surface area contributed by atoms with Gasteiger partial charge in [0.05, 0.1) is 18.4 Å². The molecule has 0 unspecified atom stereocenters. The van der Waals surface area contributed by atoms with Crippen LogP contribution in [0.1, 0.15) is 23.5 Å². The van der Waals surface area contributed by atoms with E-state index in [1.807, 2.05) is 4.57 Å². The summed E-state index contributed by atoms with van der Waals surface area (Å²) in [6.45, 7) is 3.18. The van der Waals surface area contributed by atoms with E-state index in [0.29, 0.717) is 28.8 Å². The lowest BCUT2D eigenvalue weighted by Crippen LogP contribution is -2.16. The number of benzene rings is 1. The SMILES string of the molecule is Cc1cc(=O)n2nc(CSc3nnc(-c4ccc(F)cc4)n3C[C@H]3CCCO3)sc2n1. The minimum absolute atomic E-state index is 0.0998. The number of nitrogens with zero attached hydrogens (tertiary/aromatic N) is 6. The van der Waals surface area contributed by atoms with Crippen molar-refractivity contribution in [3.63, 3.8) is 0 Å². The van der Waals surface area contributed by atoms with E-state index in [2.05, 4.69) is 20.3 Å². The Hall–Kier alpha value is -2.63. The van der Waals surface area contributed by atoms with Gasteiger partial charge in [0.2, 0.25) is 4.96 Å². The fourth-order valence-electron chi connectivity index (χ4n) is 3.51. The maximum absolute atomic E-state index is 13.4. The van der Waals surface area contributed by atoms with E-state index in [9.17, 15) is 9.18 Å². The number of rotatable bonds is 6. The summed E-state index contributed by atoms with van der Waals surface area (Å²) in [5.74, 6) is 0.911. The van der Waals surface area contributed by atoms with E-state index in [1.54, 1.807) is 19.1 Å². The van der Waals surface area contributed by atoms with Crippen molar-refractivity contribution >= 4 is 28.1 Å². The lowest BCUT2D eigenvalue weighted by molar-refractivity contribution is 0.0953. The third kappa shape index (κ3) is 4.25. The molecule has 1 aromatic carbocycles. The molecule has 8 nitrogen and oxygen atoms in total. The molecule has 4 aromatic rings. The van der Waals surface area contributed by atoms with E-state index in [1.165, 1.54) is 45.8 Å². The highest BCUT2D eigenvalue weighted by Crippen LogP contribution is 2.29. The maximum Gasteiger partial charge on any atom is 0.275 e. The highest BCUT2D eigenvalue weighted by Gasteiger charge is 2.22. The van der Waals surface area contributed by atoms with E-state index in [-0.39, 0.29) is 17.5 Å². The Kier molecular flexibility index (Phi) is 5.55. The molecule has 11 heteroatoms. The molecule has 4 heterocycles. The van der Waals surface area contributed by atoms with Crippen LogP contribution in [-0.4, -0.2) is 42.1 Å². The average molecular weight is 459 g/mol. The van der Waals surface area contributed by atoms with Gasteiger partial charge in [0.25, 0.3) is 5.56 Å². The zero-order chi connectivity index (χ0) is 21.4. The fraction of sp³-hybridized carbons (Fsp3) is 0.350. The van der Waals surface area contributed by atoms with Gasteiger partial charge in [-0.1, -0.05) is 23.1 Å². The minimum Gasteiger partial charge on any atom is -0.376 e. The Balaban J connectivity index is 1.43. The summed E-state index contributed by atoms with van der Waals surface area (Å²) in [4.78, 5) is 17.1. The van der Waals surface area contributed by atoms with Gasteiger partial charge in [-0.25, -0.2) is 9.37 Å². The molecule has 1 fully saturated rings. The van der Waals surface area contributed by atoms with Crippen molar-refractivity contribution < 1.29 is 9.13 Å². The average Bonchev–Trinajstić information content (AvgIpc) is 3.48. The monoisotopic (exact) mass is 458 g/mol. The summed E-state index contributed by atoms with van der Waals surface area (Å²) in [5, 5.41) is 14.6. The van der Waals surface area contributed by atoms with Crippen LogP contribution in [-0.2, 0) is 17.0 Å². The number of halogens is 1. The molecule has 0 aliphatic carbocycles. The standard InChI is InChI=1S/C20H19FN6O2S2/c1-12-9-17(28)27-19(22-12)31-16(25-27)11-30-20-24-23-18(13-4-6-14(21)7-5-13)26(20)10-15-3-2-8-29-15/h4-7,9,15H,2-3,8,10-11H2,1H3/t15-/m1/s1. The Labute approximate surface area is 185 Å². The van der Waals surface area contributed by atoms with Crippen LogP contribution in [0.25, 0.3) is 16.3 Å². The predicted molar refractivity (Wildman–Crippen MR) is 116 cm³/mol. The number of thioether (sulfide) groups is 1. The summed E-state index contributed by atoms with van der Waals surface area (Å²) in [7, 11) is 0. The number of hydrogen-bond acceptors (Lipinski definition) is 8. The molecule has 160 valence electrons. The zero-order valence-corrected chi connectivity index (χ0v) is 18.3. The number of ether oxygens (including phenoxy) is 1. The molecule has 1 aliphatic heterocycles. The Morgan fingerprint density at radius 3 is 2.90 bits per heavy atom. The zero-order valence-electron chi connectivity index (χ0n) is 16.7. The van der Waals surface area contributed by atoms with Crippen molar-refractivity contribution in [3.8, 4) is 11.4 Å². The first-order chi connectivity index (χ1) is 15.1. The second-order valence-corrected chi connectivity index (χ2v) is 9.26. The summed E-state index contributed by atoms with van der Waals surface area (Å²) in [5.41, 5.74) is 1.29. The van der Waals surface area contributed by atoms with Crippen LogP contribution in [0, 0.1) is 12.7 Å². The normalized spacial score (nSPS) is 16.4. The van der Waals surface area contributed by atoms with Gasteiger partial charge in [0, 0.05) is 23.9 Å². The van der Waals surface area contributed by atoms with E-state index < -0.39 is 0 Å². The molecule has 0 bridgehead atoms. The number of hydrogen-bond donors (Lipinski definition) is 0. The minimum atomic E-state index is -0.293. The van der Waals surface area contributed by atoms with Gasteiger partial charge in [-0.15, -0.1) is 10.2 Å². The molecular weight excluding hydrogens is 439 g/mol. The first-order valence-electron chi connectivity index (χ1n) is 9.87. The van der Waals surface area contributed by atoms with E-state index in [4.69, 9.17) is 4.74 Å². The van der Waals surface area contributed by atoms with Crippen LogP contribution in [0.2, 0.25) is 0 Å². The van der Waals surface area contributed by atoms with Crippen LogP contribution in [0.5, 0.6) is 0 Å². The lowest BCUT2D eigenvalue weighted by Gasteiger charge is -2.14. The molecule has 0 saturated carbocycles. The van der Waals surface area contributed by atoms with Crippen molar-refractivity contribution in [3.05, 3.63) is 57.2 Å². The molecule has 0 radical (unpaired) electrons. The van der Waals surface area contributed by atoms with Crippen LogP contribution < -0.4 is 5.56 Å². The van der Waals surface area contributed by atoms with Crippen molar-refractivity contribution in [1.29, 1.82) is 0 Å². The predicted octanol–water partition coefficient (Wildman–Crippen LogP) is 3.33. The maximum atomic E-state index is 13.4. The van der Waals surface area contributed by atoms with Crippen molar-refractivity contribution in [2.45, 2.75) is 43.3 Å². The molecule has 1 aliphatic rings. The summed E-state index contributed by atoms with van der Waals surface area (Å²) >= 11 is 2.88. The molecule has 1 saturated heterocycles. The Morgan fingerprint density at radius 1 is 1.29 bits per heavy atom. The summed E-state index contributed by atoms with van der Waals surface area (Å²) < 4.78 is 22.6. The van der Waals surface area contributed by atoms with E-state index >= 15 is 0 Å². The molecular formula is C20H19FN6O2S2. The Morgan fingerprint density at radius 2 is 2.13 bits per heavy atom. The first kappa shape index (κ1) is 20.3. The molecule has 3 aromatic heterocycles. The molecule has 5 rings (SSSR count). The number of fused-ring (bicyclic) bond motifs is 1. The second-order valence-electron chi connectivity index (χ2n) is 7.27. The van der Waals surface area contributed by atoms with Crippen LogP contribution in [0.15, 0.2) is 40.3 Å². The first-order valence-corrected chi connectivity index (χ1v) is 11.7. The van der Waals surface area contributed by atoms with Gasteiger partial charge < -0.3 is 4.74 Å². The van der Waals surface area contributed by atoms with Gasteiger partial charge in [-0.05, 0) is 44.0 Å². The number of aromatic nitrogens is 6. The number of aryl methyl sites for hydroxylation is 1. The smallest absolute Gasteiger partial charge is 0.275 e. The third-order valence-corrected chi connectivity index (χ3v) is 7.04. The van der Waals surface area contributed by atoms with Crippen molar-refractivity contribution in [2.75, 3.05) is 6.61 Å². The molecule has 0 amide bonds. The lowest BCUT2D eigenvalue weighted by atomic mass is 10.2. The summed E-state index contributed by atoms with van der Waals surface area (Å²) in [6.07, 6.45) is 2.12. The van der Waals surface area contributed by atoms with Crippen LogP contribution in [0.3, 0.4) is 0 Å². The van der Waals surface area contributed by atoms with Gasteiger partial charge in [0.1, 0.15) is 10.8 Å². The van der Waals surface area contributed by atoms with Crippen molar-refractivity contribution in [1.82, 2.24) is 29.4 Å². The third-order valence-electron chi connectivity index (χ3n) is 4.97. The van der Waals surface area contributed by atoms with Gasteiger partial charge in [0.15, 0.2) is 11.0 Å². The highest BCUT2D eigenvalue weighted by atomic mass is 32.2. The van der Waals surface area contributed by atoms with Crippen LogP contribution >= 0.6 is 23.1 Å². The fourth-order valence-corrected chi connectivity index (χ4v) is 5.39. The molecule has 1 atom stereocenters. The van der Waals surface area contributed by atoms with Gasteiger partial charge in [-0.3, -0.25) is 9.36 Å². The van der Waals surface area contributed by atoms with Gasteiger partial charge in [-0.2, -0.15) is 9.61 Å². The highest BCUT2D eigenvalue weighted by molar-refractivity contribution is 7.98. The van der Waals surface area contributed by atoms with Crippen LogP contribution in [0.4, 0.5) is 4.39 Å². The van der Waals surface area contributed by atoms with E-state index in [0.717, 1.165) is 35.2 Å². The Bertz CT molecular complexity index is 1280. The second kappa shape index (κ2) is 8.48.